The Bertz CT molecular complexity index is 1300. The third kappa shape index (κ3) is 5.20. The van der Waals surface area contributed by atoms with Crippen LogP contribution in [0.25, 0.3) is 0 Å². The zero-order chi connectivity index (χ0) is 27.3. The molecule has 0 spiro atoms. The molecule has 0 bridgehead atoms. The lowest BCUT2D eigenvalue weighted by Crippen LogP contribution is -2.68. The molecule has 37 heavy (non-hydrogen) atoms. The van der Waals surface area contributed by atoms with E-state index < -0.39 is 50.2 Å². The van der Waals surface area contributed by atoms with Crippen molar-refractivity contribution >= 4 is 39.2 Å². The molecular formula is C22H22F6O6S2Si. The predicted octanol–water partition coefficient (Wildman–Crippen LogP) is 3.73. The summed E-state index contributed by atoms with van der Waals surface area (Å²) >= 11 is 0. The zero-order valence-electron chi connectivity index (χ0n) is 19.2. The van der Waals surface area contributed by atoms with Crippen molar-refractivity contribution in [1.29, 1.82) is 0 Å². The zero-order valence-corrected chi connectivity index (χ0v) is 21.8. The number of halogens is 6. The summed E-state index contributed by atoms with van der Waals surface area (Å²) in [4.78, 5) is 0. The van der Waals surface area contributed by atoms with E-state index in [-0.39, 0.29) is 24.0 Å². The maximum absolute atomic E-state index is 13.6. The van der Waals surface area contributed by atoms with Crippen LogP contribution in [0, 0.1) is 0 Å². The quantitative estimate of drug-likeness (QED) is 0.291. The lowest BCUT2D eigenvalue weighted by Gasteiger charge is -2.35. The molecule has 204 valence electrons. The van der Waals surface area contributed by atoms with Crippen LogP contribution in [0.5, 0.6) is 0 Å². The fourth-order valence-corrected chi connectivity index (χ4v) is 12.2. The van der Waals surface area contributed by atoms with Gasteiger partial charge in [-0.25, -0.2) is 0 Å². The first-order valence-corrected chi connectivity index (χ1v) is 16.0. The molecule has 4 rings (SSSR count). The number of fused-ring (bicyclic) bond motifs is 2. The first kappa shape index (κ1) is 28.1. The second kappa shape index (κ2) is 9.66. The van der Waals surface area contributed by atoms with E-state index in [1.165, 1.54) is 12.1 Å². The van der Waals surface area contributed by atoms with E-state index in [2.05, 4.69) is 0 Å². The summed E-state index contributed by atoms with van der Waals surface area (Å²) in [6.07, 6.45) is 3.51. The van der Waals surface area contributed by atoms with Gasteiger partial charge in [0.2, 0.25) is 0 Å². The third-order valence-electron chi connectivity index (χ3n) is 6.52. The molecule has 2 aromatic carbocycles. The van der Waals surface area contributed by atoms with Gasteiger partial charge in [0, 0.05) is 10.4 Å². The van der Waals surface area contributed by atoms with Crippen molar-refractivity contribution in [3.8, 4) is 0 Å². The average molecular weight is 589 g/mol. The van der Waals surface area contributed by atoms with E-state index in [9.17, 15) is 43.2 Å². The summed E-state index contributed by atoms with van der Waals surface area (Å²) < 4.78 is 141. The largest absolute Gasteiger partial charge is 0.522 e. The van der Waals surface area contributed by atoms with Gasteiger partial charge in [-0.2, -0.15) is 43.2 Å². The Kier molecular flexibility index (Phi) is 7.33. The van der Waals surface area contributed by atoms with Gasteiger partial charge in [0.1, 0.15) is 0 Å². The normalized spacial score (nSPS) is 17.2. The van der Waals surface area contributed by atoms with Gasteiger partial charge in [-0.05, 0) is 73.6 Å². The molecule has 0 radical (unpaired) electrons. The molecule has 2 aromatic rings. The smallest absolute Gasteiger partial charge is 0.267 e. The third-order valence-corrected chi connectivity index (χ3v) is 13.6. The highest BCUT2D eigenvalue weighted by molar-refractivity contribution is 7.90. The van der Waals surface area contributed by atoms with Crippen LogP contribution in [0.1, 0.15) is 47.9 Å². The first-order valence-electron chi connectivity index (χ1n) is 11.4. The molecule has 0 fully saturated rings. The van der Waals surface area contributed by atoms with Gasteiger partial charge in [-0.1, -0.05) is 36.4 Å². The molecule has 0 heterocycles. The molecule has 15 heteroatoms. The molecule has 2 aliphatic rings. The number of hydrogen-bond acceptors (Lipinski definition) is 6. The van der Waals surface area contributed by atoms with Crippen LogP contribution < -0.4 is 10.4 Å². The van der Waals surface area contributed by atoms with Gasteiger partial charge >= 0.3 is 39.8 Å². The lowest BCUT2D eigenvalue weighted by molar-refractivity contribution is -0.0527. The molecule has 0 saturated heterocycles. The second-order valence-corrected chi connectivity index (χ2v) is 15.3. The number of hydrogen-bond donors (Lipinski definition) is 0. The monoisotopic (exact) mass is 588 g/mol. The van der Waals surface area contributed by atoms with Crippen LogP contribution in [0.2, 0.25) is 0 Å². The summed E-state index contributed by atoms with van der Waals surface area (Å²) in [7, 11) is -19.0. The fourth-order valence-electron chi connectivity index (χ4n) is 4.92. The molecule has 0 N–H and O–H groups in total. The highest BCUT2D eigenvalue weighted by atomic mass is 32.2. The van der Waals surface area contributed by atoms with E-state index in [1.807, 2.05) is 0 Å². The van der Waals surface area contributed by atoms with E-state index >= 15 is 0 Å². The van der Waals surface area contributed by atoms with Crippen LogP contribution in [0.4, 0.5) is 26.3 Å². The van der Waals surface area contributed by atoms with Crippen molar-refractivity contribution in [3.05, 3.63) is 58.7 Å². The van der Waals surface area contributed by atoms with Crippen LogP contribution in [0.3, 0.4) is 0 Å². The molecule has 0 aromatic heterocycles. The highest BCUT2D eigenvalue weighted by Gasteiger charge is 2.63. The van der Waals surface area contributed by atoms with Crippen LogP contribution >= 0.6 is 0 Å². The molecule has 0 unspecified atom stereocenters. The van der Waals surface area contributed by atoms with Gasteiger partial charge in [0.15, 0.2) is 0 Å². The van der Waals surface area contributed by atoms with E-state index in [4.69, 9.17) is 7.74 Å². The average Bonchev–Trinajstić information content (AvgIpc) is 2.81. The Morgan fingerprint density at radius 3 is 1.30 bits per heavy atom. The minimum absolute atomic E-state index is 0.167. The second-order valence-electron chi connectivity index (χ2n) is 8.88. The minimum Gasteiger partial charge on any atom is -0.267 e. The molecular weight excluding hydrogens is 566 g/mol. The Balaban J connectivity index is 2.14. The van der Waals surface area contributed by atoms with E-state index in [1.54, 1.807) is 12.1 Å². The molecule has 0 atom stereocenters. The van der Waals surface area contributed by atoms with Gasteiger partial charge < -0.3 is 0 Å². The number of aryl methyl sites for hydroxylation is 2. The van der Waals surface area contributed by atoms with Crippen molar-refractivity contribution in [3.63, 3.8) is 0 Å². The predicted molar refractivity (Wildman–Crippen MR) is 123 cm³/mol. The molecule has 0 saturated carbocycles. The SMILES string of the molecule is O=S(=O)(O[Si](OS(=O)(=O)C(F)(F)F)(c1cccc2c1CCCC2)c1cccc2c1CCCC2)C(F)(F)F. The van der Waals surface area contributed by atoms with Gasteiger partial charge in [-0.15, -0.1) is 0 Å². The lowest BCUT2D eigenvalue weighted by atomic mass is 9.91. The van der Waals surface area contributed by atoms with E-state index in [0.29, 0.717) is 49.7 Å². The Labute approximate surface area is 211 Å². The Hall–Kier alpha value is -1.94. The first-order chi connectivity index (χ1) is 17.1. The summed E-state index contributed by atoms with van der Waals surface area (Å²) in [6, 6.07) is 8.07. The fraction of sp³-hybridized carbons (Fsp3) is 0.455. The van der Waals surface area contributed by atoms with Crippen LogP contribution in [-0.2, 0) is 53.7 Å². The van der Waals surface area contributed by atoms with Crippen molar-refractivity contribution in [2.75, 3.05) is 0 Å². The Morgan fingerprint density at radius 1 is 0.595 bits per heavy atom. The maximum atomic E-state index is 13.6. The summed E-state index contributed by atoms with van der Waals surface area (Å²) in [5.41, 5.74) is -10.5. The maximum Gasteiger partial charge on any atom is 0.522 e. The molecule has 0 amide bonds. The van der Waals surface area contributed by atoms with Gasteiger partial charge in [-0.3, -0.25) is 7.74 Å². The number of rotatable bonds is 6. The number of alkyl halides is 6. The summed E-state index contributed by atoms with van der Waals surface area (Å²) in [5.74, 6) is 0. The van der Waals surface area contributed by atoms with Crippen molar-refractivity contribution in [2.24, 2.45) is 0 Å². The minimum atomic E-state index is -6.62. The van der Waals surface area contributed by atoms with Crippen molar-refractivity contribution < 1.29 is 50.9 Å². The summed E-state index contributed by atoms with van der Waals surface area (Å²) in [6.45, 7) is 0. The number of benzene rings is 2. The van der Waals surface area contributed by atoms with Gasteiger partial charge in [0.05, 0.1) is 0 Å². The topological polar surface area (TPSA) is 86.7 Å². The van der Waals surface area contributed by atoms with Crippen LogP contribution in [-0.4, -0.2) is 36.4 Å². The Morgan fingerprint density at radius 2 is 0.946 bits per heavy atom. The van der Waals surface area contributed by atoms with Crippen molar-refractivity contribution in [2.45, 2.75) is 62.4 Å². The van der Waals surface area contributed by atoms with E-state index in [0.717, 1.165) is 12.1 Å². The highest BCUT2D eigenvalue weighted by Crippen LogP contribution is 2.35. The van der Waals surface area contributed by atoms with Crippen LogP contribution in [0.15, 0.2) is 36.4 Å². The molecule has 0 aliphatic heterocycles. The van der Waals surface area contributed by atoms with Crippen molar-refractivity contribution in [1.82, 2.24) is 0 Å². The molecule has 2 aliphatic carbocycles. The summed E-state index contributed by atoms with van der Waals surface area (Å²) in [5, 5.41) is -0.798. The standard InChI is InChI=1S/C22H22F6O6S2Si/c23-21(24,25)35(29,30)33-37(34-36(31,32)22(26,27)28,19-13-5-9-15-7-1-3-11-17(15)19)20-14-6-10-16-8-2-4-12-18(16)20/h5-6,9-10,13-14H,1-4,7-8,11-12H2. The van der Waals surface area contributed by atoms with Gasteiger partial charge in [0.25, 0.3) is 0 Å². The molecule has 6 nitrogen and oxygen atoms in total.